The maximum Gasteiger partial charge on any atom is 0.347 e. The molecule has 0 aliphatic rings. The maximum atomic E-state index is 11.4. The third-order valence-electron chi connectivity index (χ3n) is 4.86. The van der Waals surface area contributed by atoms with Crippen molar-refractivity contribution in [3.8, 4) is 5.75 Å². The molecule has 5 heteroatoms. The van der Waals surface area contributed by atoms with Crippen molar-refractivity contribution in [3.05, 3.63) is 58.7 Å². The number of rotatable bonds is 9. The van der Waals surface area contributed by atoms with Gasteiger partial charge in [-0.1, -0.05) is 24.3 Å². The number of carboxylic acid groups (broad SMARTS) is 1. The Hall–Kier alpha value is -1.98. The molecule has 0 aliphatic carbocycles. The van der Waals surface area contributed by atoms with Crippen LogP contribution < -0.4 is 4.74 Å². The van der Waals surface area contributed by atoms with Gasteiger partial charge in [-0.3, -0.25) is 0 Å². The Morgan fingerprint density at radius 2 is 1.71 bits per heavy atom. The molecule has 0 fully saturated rings. The van der Waals surface area contributed by atoms with Crippen LogP contribution in [-0.2, 0) is 16.0 Å². The monoisotopic (exact) mass is 402 g/mol. The zero-order valence-electron chi connectivity index (χ0n) is 17.5. The smallest absolute Gasteiger partial charge is 0.347 e. The van der Waals surface area contributed by atoms with E-state index in [1.807, 2.05) is 13.8 Å². The van der Waals surface area contributed by atoms with Gasteiger partial charge in [-0.15, -0.1) is 11.8 Å². The minimum Gasteiger partial charge on any atom is -0.478 e. The molecule has 1 N–H and O–H groups in total. The van der Waals surface area contributed by atoms with E-state index in [1.54, 1.807) is 32.7 Å². The first-order valence-corrected chi connectivity index (χ1v) is 10.6. The Bertz CT molecular complexity index is 789. The van der Waals surface area contributed by atoms with Gasteiger partial charge in [0.05, 0.1) is 6.10 Å². The van der Waals surface area contributed by atoms with E-state index in [2.05, 4.69) is 42.7 Å². The topological polar surface area (TPSA) is 55.8 Å². The van der Waals surface area contributed by atoms with E-state index < -0.39 is 11.6 Å². The van der Waals surface area contributed by atoms with Gasteiger partial charge in [0.1, 0.15) is 5.75 Å². The fraction of sp³-hybridized carbons (Fsp3) is 0.435. The highest BCUT2D eigenvalue weighted by atomic mass is 32.2. The first-order valence-electron chi connectivity index (χ1n) is 9.37. The van der Waals surface area contributed by atoms with Gasteiger partial charge in [0, 0.05) is 12.0 Å². The van der Waals surface area contributed by atoms with Gasteiger partial charge in [-0.2, -0.15) is 0 Å². The summed E-state index contributed by atoms with van der Waals surface area (Å²) in [7, 11) is 1.74. The average molecular weight is 403 g/mol. The van der Waals surface area contributed by atoms with Crippen molar-refractivity contribution in [3.63, 3.8) is 0 Å². The zero-order chi connectivity index (χ0) is 20.9. The van der Waals surface area contributed by atoms with Gasteiger partial charge in [0.2, 0.25) is 0 Å². The molecule has 0 heterocycles. The molecule has 0 amide bonds. The Morgan fingerprint density at radius 1 is 1.14 bits per heavy atom. The van der Waals surface area contributed by atoms with Gasteiger partial charge in [0.25, 0.3) is 0 Å². The predicted molar refractivity (Wildman–Crippen MR) is 115 cm³/mol. The van der Waals surface area contributed by atoms with E-state index in [1.165, 1.54) is 16.0 Å². The summed E-state index contributed by atoms with van der Waals surface area (Å²) >= 11 is 1.73. The molecule has 4 nitrogen and oxygen atoms in total. The van der Waals surface area contributed by atoms with Crippen LogP contribution in [0.2, 0.25) is 0 Å². The Morgan fingerprint density at radius 3 is 2.18 bits per heavy atom. The number of methoxy groups -OCH3 is 1. The molecule has 0 aliphatic heterocycles. The van der Waals surface area contributed by atoms with Crippen molar-refractivity contribution >= 4 is 17.7 Å². The number of carbonyl (C=O) groups is 1. The van der Waals surface area contributed by atoms with Crippen LogP contribution in [0, 0.1) is 13.8 Å². The van der Waals surface area contributed by atoms with Gasteiger partial charge in [-0.25, -0.2) is 4.79 Å². The number of benzene rings is 2. The van der Waals surface area contributed by atoms with Crippen LogP contribution in [0.5, 0.6) is 5.75 Å². The van der Waals surface area contributed by atoms with Gasteiger partial charge in [-0.05, 0) is 81.2 Å². The second-order valence-electron chi connectivity index (χ2n) is 7.51. The normalized spacial score (nSPS) is 12.6. The van der Waals surface area contributed by atoms with Crippen LogP contribution in [0.3, 0.4) is 0 Å². The van der Waals surface area contributed by atoms with Crippen molar-refractivity contribution in [2.24, 2.45) is 0 Å². The fourth-order valence-corrected chi connectivity index (χ4v) is 3.59. The molecule has 0 saturated carbocycles. The highest BCUT2D eigenvalue weighted by molar-refractivity contribution is 7.98. The lowest BCUT2D eigenvalue weighted by Gasteiger charge is -2.24. The lowest BCUT2D eigenvalue weighted by Crippen LogP contribution is -2.38. The summed E-state index contributed by atoms with van der Waals surface area (Å²) in [6.07, 6.45) is 3.85. The highest BCUT2D eigenvalue weighted by Gasteiger charge is 2.30. The lowest BCUT2D eigenvalue weighted by molar-refractivity contribution is -0.152. The van der Waals surface area contributed by atoms with E-state index in [-0.39, 0.29) is 6.10 Å². The summed E-state index contributed by atoms with van der Waals surface area (Å²) in [5.74, 6) is -0.335. The number of carboxylic acids is 1. The first kappa shape index (κ1) is 22.3. The molecular weight excluding hydrogens is 372 g/mol. The molecule has 0 saturated heterocycles. The summed E-state index contributed by atoms with van der Waals surface area (Å²) < 4.78 is 11.5. The number of aliphatic carboxylic acids is 1. The standard InChI is InChI=1S/C23H30O4S/c1-15-13-17(14-16(2)21(15)27-23(3,4)22(24)25)7-12-20(26-5)18-8-10-19(28-6)11-9-18/h8-11,13-14,20H,7,12H2,1-6H3,(H,24,25). The van der Waals surface area contributed by atoms with Gasteiger partial charge >= 0.3 is 5.97 Å². The minimum atomic E-state index is -1.26. The molecule has 2 aromatic carbocycles. The SMILES string of the molecule is COC(CCc1cc(C)c(OC(C)(C)C(=O)O)c(C)c1)c1ccc(SC)cc1. The van der Waals surface area contributed by atoms with Crippen LogP contribution in [0.1, 0.15) is 48.6 Å². The van der Waals surface area contributed by atoms with Crippen LogP contribution in [0.4, 0.5) is 0 Å². The summed E-state index contributed by atoms with van der Waals surface area (Å²) in [5.41, 5.74) is 3.00. The molecular formula is C23H30O4S. The summed E-state index contributed by atoms with van der Waals surface area (Å²) in [6, 6.07) is 12.6. The van der Waals surface area contributed by atoms with Crippen molar-refractivity contribution in [2.45, 2.75) is 57.1 Å². The largest absolute Gasteiger partial charge is 0.478 e. The van der Waals surface area contributed by atoms with Crippen molar-refractivity contribution in [1.82, 2.24) is 0 Å². The molecule has 0 spiro atoms. The van der Waals surface area contributed by atoms with E-state index >= 15 is 0 Å². The molecule has 0 bridgehead atoms. The number of aryl methyl sites for hydroxylation is 3. The third-order valence-corrected chi connectivity index (χ3v) is 5.60. The fourth-order valence-electron chi connectivity index (χ4n) is 3.18. The van der Waals surface area contributed by atoms with Crippen LogP contribution >= 0.6 is 11.8 Å². The van der Waals surface area contributed by atoms with E-state index in [0.29, 0.717) is 5.75 Å². The second kappa shape index (κ2) is 9.48. The van der Waals surface area contributed by atoms with Crippen LogP contribution in [-0.4, -0.2) is 30.0 Å². The molecule has 28 heavy (non-hydrogen) atoms. The Balaban J connectivity index is 2.12. The Kier molecular flexibility index (Phi) is 7.55. The number of hydrogen-bond acceptors (Lipinski definition) is 4. The van der Waals surface area contributed by atoms with E-state index in [0.717, 1.165) is 24.0 Å². The third kappa shape index (κ3) is 5.52. The van der Waals surface area contributed by atoms with Gasteiger partial charge < -0.3 is 14.6 Å². The Labute approximate surface area is 172 Å². The molecule has 1 atom stereocenters. The molecule has 2 aromatic rings. The molecule has 2 rings (SSSR count). The van der Waals surface area contributed by atoms with Crippen molar-refractivity contribution in [2.75, 3.05) is 13.4 Å². The van der Waals surface area contributed by atoms with Crippen molar-refractivity contribution in [1.29, 1.82) is 0 Å². The number of thioether (sulfide) groups is 1. The maximum absolute atomic E-state index is 11.4. The van der Waals surface area contributed by atoms with Crippen LogP contribution in [0.15, 0.2) is 41.3 Å². The first-order chi connectivity index (χ1) is 13.2. The minimum absolute atomic E-state index is 0.0402. The van der Waals surface area contributed by atoms with Crippen molar-refractivity contribution < 1.29 is 19.4 Å². The molecule has 1 unspecified atom stereocenters. The number of ether oxygens (including phenoxy) is 2. The second-order valence-corrected chi connectivity index (χ2v) is 8.39. The zero-order valence-corrected chi connectivity index (χ0v) is 18.4. The number of hydrogen-bond donors (Lipinski definition) is 1. The van der Waals surface area contributed by atoms with Gasteiger partial charge in [0.15, 0.2) is 5.60 Å². The average Bonchev–Trinajstić information content (AvgIpc) is 2.65. The summed E-state index contributed by atoms with van der Waals surface area (Å²) in [5, 5.41) is 9.31. The summed E-state index contributed by atoms with van der Waals surface area (Å²) in [6.45, 7) is 7.04. The lowest BCUT2D eigenvalue weighted by atomic mass is 9.98. The van der Waals surface area contributed by atoms with E-state index in [4.69, 9.17) is 9.47 Å². The molecule has 152 valence electrons. The predicted octanol–water partition coefficient (Wildman–Crippen LogP) is 5.59. The van der Waals surface area contributed by atoms with E-state index in [9.17, 15) is 9.90 Å². The molecule has 0 aromatic heterocycles. The highest BCUT2D eigenvalue weighted by Crippen LogP contribution is 2.31. The van der Waals surface area contributed by atoms with Crippen LogP contribution in [0.25, 0.3) is 0 Å². The quantitative estimate of drug-likeness (QED) is 0.554. The summed E-state index contributed by atoms with van der Waals surface area (Å²) in [4.78, 5) is 12.6. The molecule has 0 radical (unpaired) electrons.